The minimum Gasteiger partial charge on any atom is -0.493 e. The predicted octanol–water partition coefficient (Wildman–Crippen LogP) is 2.28. The summed E-state index contributed by atoms with van der Waals surface area (Å²) in [6, 6.07) is 3.19. The number of halogens is 1. The standard InChI is InChI=1S/C11H9BrO3/c1-4-9(13)7-5-10(14-2)11(15-3)6-8(7)12/h1,5-6H,2-3H3. The number of hydrogen-bond donors (Lipinski definition) is 0. The predicted molar refractivity (Wildman–Crippen MR) is 60.4 cm³/mol. The molecular weight excluding hydrogens is 260 g/mol. The molecule has 0 N–H and O–H groups in total. The van der Waals surface area contributed by atoms with Crippen molar-refractivity contribution in [1.29, 1.82) is 0 Å². The number of ketones is 1. The van der Waals surface area contributed by atoms with E-state index in [4.69, 9.17) is 15.9 Å². The van der Waals surface area contributed by atoms with Gasteiger partial charge in [-0.3, -0.25) is 4.79 Å². The Morgan fingerprint density at radius 2 is 1.87 bits per heavy atom. The highest BCUT2D eigenvalue weighted by molar-refractivity contribution is 9.10. The summed E-state index contributed by atoms with van der Waals surface area (Å²) >= 11 is 3.24. The lowest BCUT2D eigenvalue weighted by molar-refractivity contribution is 0.105. The highest BCUT2D eigenvalue weighted by Crippen LogP contribution is 2.33. The van der Waals surface area contributed by atoms with Crippen molar-refractivity contribution in [3.05, 3.63) is 22.2 Å². The van der Waals surface area contributed by atoms with Gasteiger partial charge in [-0.25, -0.2) is 0 Å². The van der Waals surface area contributed by atoms with Gasteiger partial charge in [-0.1, -0.05) is 0 Å². The summed E-state index contributed by atoms with van der Waals surface area (Å²) in [6.45, 7) is 0. The zero-order chi connectivity index (χ0) is 11.4. The van der Waals surface area contributed by atoms with E-state index >= 15 is 0 Å². The molecule has 0 fully saturated rings. The van der Waals surface area contributed by atoms with Crippen LogP contribution in [0.1, 0.15) is 10.4 Å². The van der Waals surface area contributed by atoms with Crippen LogP contribution in [0.3, 0.4) is 0 Å². The number of rotatable bonds is 3. The van der Waals surface area contributed by atoms with Crippen molar-refractivity contribution < 1.29 is 14.3 Å². The number of methoxy groups -OCH3 is 2. The van der Waals surface area contributed by atoms with Gasteiger partial charge in [0, 0.05) is 10.0 Å². The molecule has 1 aromatic carbocycles. The third kappa shape index (κ3) is 2.31. The van der Waals surface area contributed by atoms with Crippen LogP contribution < -0.4 is 9.47 Å². The summed E-state index contributed by atoms with van der Waals surface area (Å²) in [6.07, 6.45) is 5.04. The van der Waals surface area contributed by atoms with Crippen molar-refractivity contribution in [2.24, 2.45) is 0 Å². The molecule has 0 saturated heterocycles. The Balaban J connectivity index is 3.33. The summed E-state index contributed by atoms with van der Waals surface area (Å²) in [7, 11) is 3.02. The number of carbonyl (C=O) groups excluding carboxylic acids is 1. The molecule has 0 radical (unpaired) electrons. The molecule has 0 aromatic heterocycles. The van der Waals surface area contributed by atoms with Crippen LogP contribution in [0.4, 0.5) is 0 Å². The van der Waals surface area contributed by atoms with Crippen LogP contribution in [0.25, 0.3) is 0 Å². The van der Waals surface area contributed by atoms with E-state index in [1.807, 2.05) is 5.92 Å². The monoisotopic (exact) mass is 268 g/mol. The SMILES string of the molecule is C#CC(=O)c1cc(OC)c(OC)cc1Br. The second-order valence-corrected chi connectivity index (χ2v) is 3.51. The van der Waals surface area contributed by atoms with Crippen molar-refractivity contribution in [1.82, 2.24) is 0 Å². The van der Waals surface area contributed by atoms with Gasteiger partial charge < -0.3 is 9.47 Å². The zero-order valence-electron chi connectivity index (χ0n) is 8.33. The molecule has 0 aliphatic heterocycles. The lowest BCUT2D eigenvalue weighted by Crippen LogP contribution is -1.99. The molecule has 1 aromatic rings. The molecule has 0 aliphatic rings. The van der Waals surface area contributed by atoms with Gasteiger partial charge in [0.2, 0.25) is 5.78 Å². The van der Waals surface area contributed by atoms with Crippen molar-refractivity contribution in [3.8, 4) is 23.8 Å². The lowest BCUT2D eigenvalue weighted by atomic mass is 10.1. The Morgan fingerprint density at radius 3 is 2.33 bits per heavy atom. The normalized spacial score (nSPS) is 9.20. The average molecular weight is 269 g/mol. The van der Waals surface area contributed by atoms with Crippen LogP contribution in [-0.2, 0) is 0 Å². The Labute approximate surface area is 96.5 Å². The van der Waals surface area contributed by atoms with Gasteiger partial charge in [-0.2, -0.15) is 0 Å². The number of terminal acetylenes is 1. The molecule has 0 amide bonds. The highest BCUT2D eigenvalue weighted by Gasteiger charge is 2.13. The van der Waals surface area contributed by atoms with E-state index < -0.39 is 5.78 Å². The van der Waals surface area contributed by atoms with Crippen LogP contribution in [-0.4, -0.2) is 20.0 Å². The van der Waals surface area contributed by atoms with E-state index in [0.717, 1.165) is 0 Å². The molecule has 1 rings (SSSR count). The maximum atomic E-state index is 11.3. The van der Waals surface area contributed by atoms with Crippen molar-refractivity contribution in [2.45, 2.75) is 0 Å². The van der Waals surface area contributed by atoms with E-state index in [1.165, 1.54) is 14.2 Å². The highest BCUT2D eigenvalue weighted by atomic mass is 79.9. The number of ether oxygens (including phenoxy) is 2. The van der Waals surface area contributed by atoms with E-state index in [1.54, 1.807) is 12.1 Å². The van der Waals surface area contributed by atoms with Gasteiger partial charge in [-0.05, 0) is 34.0 Å². The van der Waals surface area contributed by atoms with Crippen molar-refractivity contribution in [2.75, 3.05) is 14.2 Å². The molecule has 0 bridgehead atoms. The fourth-order valence-electron chi connectivity index (χ4n) is 1.11. The second-order valence-electron chi connectivity index (χ2n) is 2.66. The first-order valence-electron chi connectivity index (χ1n) is 4.06. The maximum Gasteiger partial charge on any atom is 0.236 e. The van der Waals surface area contributed by atoms with Gasteiger partial charge in [0.15, 0.2) is 11.5 Å². The number of Topliss-reactive ketones (excluding diaryl/α,β-unsaturated/α-hetero) is 1. The lowest BCUT2D eigenvalue weighted by Gasteiger charge is -2.09. The van der Waals surface area contributed by atoms with Gasteiger partial charge in [0.05, 0.1) is 14.2 Å². The number of hydrogen-bond acceptors (Lipinski definition) is 3. The quantitative estimate of drug-likeness (QED) is 0.479. The molecule has 0 aliphatic carbocycles. The Hall–Kier alpha value is -1.47. The maximum absolute atomic E-state index is 11.3. The molecule has 3 nitrogen and oxygen atoms in total. The topological polar surface area (TPSA) is 35.5 Å². The molecule has 4 heteroatoms. The molecule has 0 heterocycles. The summed E-state index contributed by atoms with van der Waals surface area (Å²) < 4.78 is 10.7. The summed E-state index contributed by atoms with van der Waals surface area (Å²) in [5.74, 6) is 2.66. The first-order valence-corrected chi connectivity index (χ1v) is 4.85. The molecule has 78 valence electrons. The first-order chi connectivity index (χ1) is 7.13. The summed E-state index contributed by atoms with van der Waals surface area (Å²) in [4.78, 5) is 11.3. The minimum atomic E-state index is -0.400. The van der Waals surface area contributed by atoms with E-state index in [-0.39, 0.29) is 0 Å². The minimum absolute atomic E-state index is 0.384. The molecule has 0 atom stereocenters. The molecule has 0 saturated carbocycles. The smallest absolute Gasteiger partial charge is 0.236 e. The number of benzene rings is 1. The third-order valence-electron chi connectivity index (χ3n) is 1.85. The zero-order valence-corrected chi connectivity index (χ0v) is 9.92. The summed E-state index contributed by atoms with van der Waals surface area (Å²) in [5, 5.41) is 0. The Bertz CT molecular complexity index is 432. The van der Waals surface area contributed by atoms with E-state index in [0.29, 0.717) is 21.5 Å². The first kappa shape index (κ1) is 11.6. The third-order valence-corrected chi connectivity index (χ3v) is 2.51. The van der Waals surface area contributed by atoms with Gasteiger partial charge >= 0.3 is 0 Å². The van der Waals surface area contributed by atoms with Crippen LogP contribution in [0.15, 0.2) is 16.6 Å². The molecule has 0 spiro atoms. The van der Waals surface area contributed by atoms with Gasteiger partial charge in [0.1, 0.15) is 0 Å². The largest absolute Gasteiger partial charge is 0.493 e. The fraction of sp³-hybridized carbons (Fsp3) is 0.182. The van der Waals surface area contributed by atoms with Crippen LogP contribution >= 0.6 is 15.9 Å². The van der Waals surface area contributed by atoms with Crippen LogP contribution in [0, 0.1) is 12.3 Å². The molecule has 15 heavy (non-hydrogen) atoms. The van der Waals surface area contributed by atoms with E-state index in [2.05, 4.69) is 15.9 Å². The van der Waals surface area contributed by atoms with Crippen molar-refractivity contribution in [3.63, 3.8) is 0 Å². The molecule has 0 unspecified atom stereocenters. The second kappa shape index (κ2) is 4.85. The van der Waals surface area contributed by atoms with E-state index in [9.17, 15) is 4.79 Å². The van der Waals surface area contributed by atoms with Gasteiger partial charge in [-0.15, -0.1) is 6.42 Å². The average Bonchev–Trinajstić information content (AvgIpc) is 2.27. The molecular formula is C11H9BrO3. The fourth-order valence-corrected chi connectivity index (χ4v) is 1.61. The Morgan fingerprint density at radius 1 is 1.33 bits per heavy atom. The van der Waals surface area contributed by atoms with Crippen LogP contribution in [0.5, 0.6) is 11.5 Å². The Kier molecular flexibility index (Phi) is 3.75. The van der Waals surface area contributed by atoms with Gasteiger partial charge in [0.25, 0.3) is 0 Å². The summed E-state index contributed by atoms with van der Waals surface area (Å²) in [5.41, 5.74) is 0.384. The number of carbonyl (C=O) groups is 1. The van der Waals surface area contributed by atoms with Crippen LogP contribution in [0.2, 0.25) is 0 Å². The van der Waals surface area contributed by atoms with Crippen molar-refractivity contribution >= 4 is 21.7 Å².